The Balaban J connectivity index is 1.15. The van der Waals surface area contributed by atoms with E-state index in [1.807, 2.05) is 40.6 Å². The van der Waals surface area contributed by atoms with Gasteiger partial charge < -0.3 is 9.42 Å². The van der Waals surface area contributed by atoms with Crippen molar-refractivity contribution in [2.24, 2.45) is 0 Å². The highest BCUT2D eigenvalue weighted by atomic mass is 35.5. The van der Waals surface area contributed by atoms with Gasteiger partial charge in [-0.3, -0.25) is 4.79 Å². The third kappa shape index (κ3) is 4.12. The number of aromatic nitrogens is 3. The van der Waals surface area contributed by atoms with Gasteiger partial charge in [0.25, 0.3) is 0 Å². The van der Waals surface area contributed by atoms with Crippen LogP contribution in [0, 0.1) is 0 Å². The van der Waals surface area contributed by atoms with Gasteiger partial charge in [0.2, 0.25) is 17.6 Å². The Bertz CT molecular complexity index is 1160. The maximum Gasteiger partial charge on any atom is 0.227 e. The number of nitrogens with zero attached hydrogens (tertiary/aromatic N) is 4. The number of thiazole rings is 1. The van der Waals surface area contributed by atoms with Crippen molar-refractivity contribution in [2.45, 2.75) is 31.6 Å². The Kier molecular flexibility index (Phi) is 5.54. The SMILES string of the molecule is O=C(CCc1nc(-c2cccs2)no1)N1CCC(c2nc3cc(Cl)ccc3s2)CC1. The van der Waals surface area contributed by atoms with Gasteiger partial charge in [0, 0.05) is 36.9 Å². The predicted molar refractivity (Wildman–Crippen MR) is 119 cm³/mol. The molecule has 5 rings (SSSR count). The zero-order valence-electron chi connectivity index (χ0n) is 16.1. The number of benzene rings is 1. The maximum absolute atomic E-state index is 12.6. The molecule has 3 aromatic heterocycles. The number of likely N-dealkylation sites (tertiary alicyclic amines) is 1. The van der Waals surface area contributed by atoms with E-state index in [0.717, 1.165) is 46.0 Å². The second kappa shape index (κ2) is 8.45. The number of piperidine rings is 1. The summed E-state index contributed by atoms with van der Waals surface area (Å²) in [6, 6.07) is 9.75. The molecule has 0 bridgehead atoms. The van der Waals surface area contributed by atoms with E-state index in [-0.39, 0.29) is 5.91 Å². The normalized spacial score (nSPS) is 15.2. The molecule has 1 amide bonds. The third-order valence-corrected chi connectivity index (χ3v) is 7.63. The summed E-state index contributed by atoms with van der Waals surface area (Å²) >= 11 is 9.37. The second-order valence-corrected chi connectivity index (χ2v) is 9.75. The fourth-order valence-corrected chi connectivity index (χ4v) is 5.64. The molecule has 6 nitrogen and oxygen atoms in total. The topological polar surface area (TPSA) is 72.1 Å². The van der Waals surface area contributed by atoms with Crippen LogP contribution in [-0.2, 0) is 11.2 Å². The lowest BCUT2D eigenvalue weighted by Crippen LogP contribution is -2.38. The summed E-state index contributed by atoms with van der Waals surface area (Å²) in [6.07, 6.45) is 2.72. The molecule has 1 fully saturated rings. The number of halogens is 1. The average Bonchev–Trinajstić information content (AvgIpc) is 3.52. The van der Waals surface area contributed by atoms with E-state index in [1.54, 1.807) is 22.7 Å². The molecule has 0 atom stereocenters. The first kappa shape index (κ1) is 19.7. The monoisotopic (exact) mass is 458 g/mol. The number of carbonyl (C=O) groups is 1. The number of amides is 1. The van der Waals surface area contributed by atoms with Gasteiger partial charge in [-0.05, 0) is 42.5 Å². The molecule has 4 heterocycles. The summed E-state index contributed by atoms with van der Waals surface area (Å²) < 4.78 is 6.46. The molecule has 4 aromatic rings. The minimum absolute atomic E-state index is 0.139. The van der Waals surface area contributed by atoms with E-state index in [0.29, 0.717) is 35.5 Å². The maximum atomic E-state index is 12.6. The summed E-state index contributed by atoms with van der Waals surface area (Å²) in [6.45, 7) is 1.51. The van der Waals surface area contributed by atoms with Crippen LogP contribution in [0.3, 0.4) is 0 Å². The van der Waals surface area contributed by atoms with Crippen LogP contribution in [0.4, 0.5) is 0 Å². The van der Waals surface area contributed by atoms with Crippen molar-refractivity contribution < 1.29 is 9.32 Å². The van der Waals surface area contributed by atoms with Crippen molar-refractivity contribution in [3.8, 4) is 10.7 Å². The first-order valence-electron chi connectivity index (χ1n) is 9.86. The number of hydrogen-bond donors (Lipinski definition) is 0. The number of thiophene rings is 1. The molecule has 0 aliphatic carbocycles. The Hall–Kier alpha value is -2.29. The number of rotatable bonds is 5. The Labute approximate surface area is 186 Å². The van der Waals surface area contributed by atoms with E-state index in [4.69, 9.17) is 21.1 Å². The van der Waals surface area contributed by atoms with Gasteiger partial charge in [-0.15, -0.1) is 22.7 Å². The van der Waals surface area contributed by atoms with Crippen molar-refractivity contribution >= 4 is 50.4 Å². The van der Waals surface area contributed by atoms with Crippen LogP contribution in [-0.4, -0.2) is 39.0 Å². The van der Waals surface area contributed by atoms with Gasteiger partial charge >= 0.3 is 0 Å². The lowest BCUT2D eigenvalue weighted by atomic mass is 9.97. The summed E-state index contributed by atoms with van der Waals surface area (Å²) in [4.78, 5) is 24.7. The van der Waals surface area contributed by atoms with E-state index in [9.17, 15) is 4.79 Å². The Morgan fingerprint density at radius 3 is 2.90 bits per heavy atom. The summed E-state index contributed by atoms with van der Waals surface area (Å²) in [5.41, 5.74) is 0.961. The van der Waals surface area contributed by atoms with Crippen LogP contribution in [0.1, 0.15) is 36.1 Å². The van der Waals surface area contributed by atoms with Crippen LogP contribution in [0.15, 0.2) is 40.2 Å². The zero-order valence-corrected chi connectivity index (χ0v) is 18.5. The van der Waals surface area contributed by atoms with Crippen LogP contribution in [0.5, 0.6) is 0 Å². The first-order chi connectivity index (χ1) is 14.7. The molecule has 30 heavy (non-hydrogen) atoms. The van der Waals surface area contributed by atoms with Gasteiger partial charge in [-0.1, -0.05) is 22.8 Å². The summed E-state index contributed by atoms with van der Waals surface area (Å²) in [7, 11) is 0. The van der Waals surface area contributed by atoms with Gasteiger partial charge in [-0.2, -0.15) is 4.98 Å². The smallest absolute Gasteiger partial charge is 0.227 e. The molecule has 1 aliphatic rings. The Morgan fingerprint density at radius 2 is 2.10 bits per heavy atom. The molecule has 1 aliphatic heterocycles. The minimum Gasteiger partial charge on any atom is -0.343 e. The average molecular weight is 459 g/mol. The fourth-order valence-electron chi connectivity index (χ4n) is 3.70. The van der Waals surface area contributed by atoms with Crippen molar-refractivity contribution in [1.29, 1.82) is 0 Å². The van der Waals surface area contributed by atoms with E-state index < -0.39 is 0 Å². The number of carbonyl (C=O) groups excluding carboxylic acids is 1. The lowest BCUT2D eigenvalue weighted by molar-refractivity contribution is -0.132. The van der Waals surface area contributed by atoms with Gasteiger partial charge in [0.1, 0.15) is 0 Å². The molecule has 0 spiro atoms. The molecule has 0 saturated carbocycles. The molecule has 1 saturated heterocycles. The van der Waals surface area contributed by atoms with Crippen molar-refractivity contribution in [3.05, 3.63) is 51.6 Å². The van der Waals surface area contributed by atoms with Gasteiger partial charge in [-0.25, -0.2) is 4.98 Å². The third-order valence-electron chi connectivity index (χ3n) is 5.33. The minimum atomic E-state index is 0.139. The van der Waals surface area contributed by atoms with Crippen molar-refractivity contribution in [3.63, 3.8) is 0 Å². The van der Waals surface area contributed by atoms with Crippen LogP contribution < -0.4 is 0 Å². The highest BCUT2D eigenvalue weighted by Gasteiger charge is 2.26. The quantitative estimate of drug-likeness (QED) is 0.400. The lowest BCUT2D eigenvalue weighted by Gasteiger charge is -2.31. The molecule has 0 N–H and O–H groups in total. The van der Waals surface area contributed by atoms with Gasteiger partial charge in [0.05, 0.1) is 20.1 Å². The van der Waals surface area contributed by atoms with E-state index >= 15 is 0 Å². The summed E-state index contributed by atoms with van der Waals surface area (Å²) in [5, 5.41) is 7.83. The molecular formula is C21H19ClN4O2S2. The number of hydrogen-bond acceptors (Lipinski definition) is 7. The van der Waals surface area contributed by atoms with Crippen LogP contribution in [0.2, 0.25) is 5.02 Å². The molecule has 1 aromatic carbocycles. The molecule has 154 valence electrons. The number of fused-ring (bicyclic) bond motifs is 1. The zero-order chi connectivity index (χ0) is 20.5. The van der Waals surface area contributed by atoms with E-state index in [1.165, 1.54) is 0 Å². The van der Waals surface area contributed by atoms with Crippen molar-refractivity contribution in [2.75, 3.05) is 13.1 Å². The fraction of sp³-hybridized carbons (Fsp3) is 0.333. The van der Waals surface area contributed by atoms with Crippen LogP contribution in [0.25, 0.3) is 20.9 Å². The highest BCUT2D eigenvalue weighted by molar-refractivity contribution is 7.18. The predicted octanol–water partition coefficient (Wildman–Crippen LogP) is 5.40. The molecule has 9 heteroatoms. The highest BCUT2D eigenvalue weighted by Crippen LogP contribution is 2.34. The standard InChI is InChI=1S/C21H19ClN4O2S2/c22-14-3-4-16-15(12-14)23-21(30-16)13-7-9-26(10-8-13)19(27)6-5-18-24-20(25-28-18)17-2-1-11-29-17/h1-4,11-13H,5-10H2. The van der Waals surface area contributed by atoms with Crippen LogP contribution >= 0.6 is 34.3 Å². The molecule has 0 unspecified atom stereocenters. The van der Waals surface area contributed by atoms with E-state index in [2.05, 4.69) is 10.1 Å². The first-order valence-corrected chi connectivity index (χ1v) is 11.9. The summed E-state index contributed by atoms with van der Waals surface area (Å²) in [5.74, 6) is 1.63. The molecule has 0 radical (unpaired) electrons. The largest absolute Gasteiger partial charge is 0.343 e. The second-order valence-electron chi connectivity index (χ2n) is 7.31. The molecular weight excluding hydrogens is 440 g/mol. The van der Waals surface area contributed by atoms with Crippen molar-refractivity contribution in [1.82, 2.24) is 20.0 Å². The number of aryl methyl sites for hydroxylation is 1. The Morgan fingerprint density at radius 1 is 1.23 bits per heavy atom. The van der Waals surface area contributed by atoms with Gasteiger partial charge in [0.15, 0.2) is 0 Å².